The number of ether oxygens (including phenoxy) is 1. The Labute approximate surface area is 115 Å². The van der Waals surface area contributed by atoms with Crippen molar-refractivity contribution in [1.82, 2.24) is 19.5 Å². The Morgan fingerprint density at radius 1 is 1.70 bits per heavy atom. The van der Waals surface area contributed by atoms with Crippen LogP contribution in [0.4, 0.5) is 10.3 Å². The molecule has 20 heavy (non-hydrogen) atoms. The lowest BCUT2D eigenvalue weighted by molar-refractivity contribution is 0.0967. The summed E-state index contributed by atoms with van der Waals surface area (Å²) in [6, 6.07) is 0. The molecule has 1 fully saturated rings. The van der Waals surface area contributed by atoms with Crippen molar-refractivity contribution in [3.63, 3.8) is 0 Å². The third-order valence-corrected chi connectivity index (χ3v) is 3.12. The van der Waals surface area contributed by atoms with Crippen LogP contribution in [0.3, 0.4) is 0 Å². The second kappa shape index (κ2) is 4.46. The van der Waals surface area contributed by atoms with E-state index >= 15 is 0 Å². The number of aromatic nitrogens is 4. The molecular formula is C10H9ClFN5O3. The van der Waals surface area contributed by atoms with Crippen molar-refractivity contribution in [2.45, 2.75) is 18.8 Å². The first-order valence-corrected chi connectivity index (χ1v) is 5.97. The van der Waals surface area contributed by atoms with E-state index in [0.717, 1.165) is 0 Å². The van der Waals surface area contributed by atoms with E-state index < -0.39 is 23.2 Å². The number of H-pyrrole nitrogens is 1. The summed E-state index contributed by atoms with van der Waals surface area (Å²) < 4.78 is 19.6. The summed E-state index contributed by atoms with van der Waals surface area (Å²) in [7, 11) is 0. The number of imidazole rings is 1. The molecule has 0 amide bonds. The van der Waals surface area contributed by atoms with Gasteiger partial charge in [0.05, 0.1) is 0 Å². The number of hydrogen-bond acceptors (Lipinski definition) is 6. The van der Waals surface area contributed by atoms with Gasteiger partial charge in [0.25, 0.3) is 5.56 Å². The number of anilines is 1. The zero-order chi connectivity index (χ0) is 14.4. The minimum absolute atomic E-state index is 0.0509. The third-order valence-electron chi connectivity index (χ3n) is 2.94. The lowest BCUT2D eigenvalue weighted by atomic mass is 10.2. The van der Waals surface area contributed by atoms with E-state index in [0.29, 0.717) is 0 Å². The number of rotatable bonds is 1. The molecule has 1 saturated heterocycles. The summed E-state index contributed by atoms with van der Waals surface area (Å²) in [6.07, 6.45) is -0.591. The van der Waals surface area contributed by atoms with Crippen molar-refractivity contribution < 1.29 is 14.2 Å². The van der Waals surface area contributed by atoms with E-state index in [9.17, 15) is 14.3 Å². The molecule has 106 valence electrons. The van der Waals surface area contributed by atoms with Gasteiger partial charge in [-0.15, -0.1) is 0 Å². The SMILES string of the molecule is Nc1nc2c(ncn2[C@H]2CC(O)/C(=C(/F)Cl)O2)c(=O)[nH]1. The highest BCUT2D eigenvalue weighted by atomic mass is 35.5. The van der Waals surface area contributed by atoms with Crippen molar-refractivity contribution in [3.8, 4) is 0 Å². The average molecular weight is 302 g/mol. The van der Waals surface area contributed by atoms with Crippen LogP contribution in [-0.4, -0.2) is 30.7 Å². The Kier molecular flexibility index (Phi) is 2.87. The number of nitrogens with two attached hydrogens (primary N) is 1. The zero-order valence-corrected chi connectivity index (χ0v) is 10.6. The Morgan fingerprint density at radius 3 is 3.10 bits per heavy atom. The van der Waals surface area contributed by atoms with Crippen molar-refractivity contribution >= 4 is 28.7 Å². The van der Waals surface area contributed by atoms with Crippen LogP contribution in [0, 0.1) is 0 Å². The highest BCUT2D eigenvalue weighted by molar-refractivity contribution is 6.28. The molecule has 10 heteroatoms. The largest absolute Gasteiger partial charge is 0.467 e. The molecule has 3 heterocycles. The first kappa shape index (κ1) is 12.9. The topological polar surface area (TPSA) is 119 Å². The Balaban J connectivity index is 2.09. The molecule has 0 bridgehead atoms. The molecule has 2 atom stereocenters. The van der Waals surface area contributed by atoms with Gasteiger partial charge in [-0.3, -0.25) is 14.3 Å². The predicted octanol–water partition coefficient (Wildman–Crippen LogP) is 0.359. The molecule has 3 rings (SSSR count). The van der Waals surface area contributed by atoms with Gasteiger partial charge in [-0.2, -0.15) is 9.37 Å². The van der Waals surface area contributed by atoms with E-state index in [4.69, 9.17) is 22.1 Å². The van der Waals surface area contributed by atoms with E-state index in [2.05, 4.69) is 15.0 Å². The molecule has 2 aromatic heterocycles. The van der Waals surface area contributed by atoms with Gasteiger partial charge in [0.2, 0.25) is 11.2 Å². The molecule has 1 unspecified atom stereocenters. The van der Waals surface area contributed by atoms with Gasteiger partial charge in [-0.1, -0.05) is 0 Å². The average Bonchev–Trinajstić information content (AvgIpc) is 2.92. The number of aliphatic hydroxyl groups is 1. The Morgan fingerprint density at radius 2 is 2.45 bits per heavy atom. The monoisotopic (exact) mass is 301 g/mol. The lowest BCUT2D eigenvalue weighted by Crippen LogP contribution is -2.14. The minimum atomic E-state index is -1.17. The molecule has 8 nitrogen and oxygen atoms in total. The number of halogens is 2. The van der Waals surface area contributed by atoms with Crippen LogP contribution in [0.1, 0.15) is 12.6 Å². The number of nitrogens with zero attached hydrogens (tertiary/aromatic N) is 3. The van der Waals surface area contributed by atoms with Gasteiger partial charge in [0, 0.05) is 6.42 Å². The Bertz CT molecular complexity index is 766. The number of fused-ring (bicyclic) bond motifs is 1. The first-order chi connectivity index (χ1) is 9.47. The number of nitrogens with one attached hydrogen (secondary N) is 1. The van der Waals surface area contributed by atoms with Gasteiger partial charge in [-0.05, 0) is 11.6 Å². The van der Waals surface area contributed by atoms with Crippen LogP contribution in [-0.2, 0) is 4.74 Å². The second-order valence-electron chi connectivity index (χ2n) is 4.22. The molecule has 4 N–H and O–H groups in total. The van der Waals surface area contributed by atoms with Crippen LogP contribution in [0.5, 0.6) is 0 Å². The maximum atomic E-state index is 13.0. The van der Waals surface area contributed by atoms with Crippen molar-refractivity contribution in [2.75, 3.05) is 5.73 Å². The van der Waals surface area contributed by atoms with Crippen LogP contribution in [0.2, 0.25) is 0 Å². The fraction of sp³-hybridized carbons (Fsp3) is 0.300. The molecule has 0 aromatic carbocycles. The van der Waals surface area contributed by atoms with Gasteiger partial charge in [-0.25, -0.2) is 4.98 Å². The van der Waals surface area contributed by atoms with Crippen LogP contribution in [0.15, 0.2) is 22.2 Å². The second-order valence-corrected chi connectivity index (χ2v) is 4.56. The minimum Gasteiger partial charge on any atom is -0.467 e. The summed E-state index contributed by atoms with van der Waals surface area (Å²) >= 11 is 5.19. The van der Waals surface area contributed by atoms with Crippen molar-refractivity contribution in [3.05, 3.63) is 27.7 Å². The summed E-state index contributed by atoms with van der Waals surface area (Å²) in [5, 5.41) is 8.54. The number of nitrogen functional groups attached to an aromatic ring is 1. The molecule has 0 saturated carbocycles. The molecule has 0 spiro atoms. The van der Waals surface area contributed by atoms with Crippen LogP contribution in [0.25, 0.3) is 11.2 Å². The Hall–Kier alpha value is -2.13. The number of aliphatic hydroxyl groups excluding tert-OH is 1. The summed E-state index contributed by atoms with van der Waals surface area (Å²) in [5.41, 5.74) is 5.22. The third kappa shape index (κ3) is 1.91. The highest BCUT2D eigenvalue weighted by Crippen LogP contribution is 2.35. The fourth-order valence-electron chi connectivity index (χ4n) is 2.07. The van der Waals surface area contributed by atoms with Gasteiger partial charge in [0.1, 0.15) is 12.4 Å². The summed E-state index contributed by atoms with van der Waals surface area (Å²) in [6.45, 7) is 0. The standard InChI is InChI=1S/C10H9ClFN5O3/c11-7(12)6-3(18)1-4(20-6)17-2-14-5-8(17)15-10(13)16-9(5)19/h2-4,18H,1H2,(H3,13,15,16,19)/b7-6-/t3?,4-/m1/s1. The molecular weight excluding hydrogens is 293 g/mol. The van der Waals surface area contributed by atoms with Crippen LogP contribution >= 0.6 is 11.6 Å². The molecule has 1 aliphatic heterocycles. The van der Waals surface area contributed by atoms with Crippen LogP contribution < -0.4 is 11.3 Å². The van der Waals surface area contributed by atoms with Crippen molar-refractivity contribution in [2.24, 2.45) is 0 Å². The quantitative estimate of drug-likeness (QED) is 0.699. The normalized spacial score (nSPS) is 24.9. The lowest BCUT2D eigenvalue weighted by Gasteiger charge is -2.11. The molecule has 1 aliphatic rings. The predicted molar refractivity (Wildman–Crippen MR) is 67.3 cm³/mol. The highest BCUT2D eigenvalue weighted by Gasteiger charge is 2.34. The maximum absolute atomic E-state index is 13.0. The van der Waals surface area contributed by atoms with E-state index in [-0.39, 0.29) is 29.3 Å². The van der Waals surface area contributed by atoms with Gasteiger partial charge in [0.15, 0.2) is 23.2 Å². The summed E-state index contributed by atoms with van der Waals surface area (Å²) in [5.74, 6) is -0.432. The van der Waals surface area contributed by atoms with E-state index in [1.807, 2.05) is 0 Å². The van der Waals surface area contributed by atoms with Gasteiger partial charge >= 0.3 is 0 Å². The summed E-state index contributed by atoms with van der Waals surface area (Å²) in [4.78, 5) is 21.8. The van der Waals surface area contributed by atoms with Gasteiger partial charge < -0.3 is 15.6 Å². The molecule has 0 aliphatic carbocycles. The molecule has 0 radical (unpaired) electrons. The fourth-order valence-corrected chi connectivity index (χ4v) is 2.24. The van der Waals surface area contributed by atoms with Crippen molar-refractivity contribution in [1.29, 1.82) is 0 Å². The first-order valence-electron chi connectivity index (χ1n) is 5.59. The number of hydrogen-bond donors (Lipinski definition) is 3. The van der Waals surface area contributed by atoms with E-state index in [1.54, 1.807) is 0 Å². The molecule has 2 aromatic rings. The smallest absolute Gasteiger partial charge is 0.280 e. The zero-order valence-electron chi connectivity index (χ0n) is 9.88. The maximum Gasteiger partial charge on any atom is 0.280 e. The number of aromatic amines is 1. The van der Waals surface area contributed by atoms with E-state index in [1.165, 1.54) is 10.9 Å².